The maximum absolute atomic E-state index is 10.4. The zero-order chi connectivity index (χ0) is 20.6. The van der Waals surface area contributed by atoms with Crippen molar-refractivity contribution in [1.29, 1.82) is 0 Å². The Bertz CT molecular complexity index is 336. The number of hydrogen-bond acceptors (Lipinski definition) is 6. The average Bonchev–Trinajstić information content (AvgIpc) is 2.52. The molecule has 0 heterocycles. The summed E-state index contributed by atoms with van der Waals surface area (Å²) in [6.45, 7) is 13.2. The van der Waals surface area contributed by atoms with Crippen LogP contribution in [0.3, 0.4) is 0 Å². The molecule has 0 aromatic carbocycles. The second-order valence-corrected chi connectivity index (χ2v) is 9.15. The SMILES string of the molecule is CC(C)(C)CCCCCC(=O)O[O-].CC(C)(C)CCCCCC(=O)O[O-].[Mn+2]. The Morgan fingerprint density at radius 1 is 0.630 bits per heavy atom. The second-order valence-electron chi connectivity index (χ2n) is 9.15. The normalized spacial score (nSPS) is 11.0. The molecule has 0 aromatic heterocycles. The topological polar surface area (TPSA) is 98.7 Å². The van der Waals surface area contributed by atoms with Gasteiger partial charge in [-0.15, -0.1) is 0 Å². The van der Waals surface area contributed by atoms with Crippen LogP contribution in [0.25, 0.3) is 0 Å². The molecule has 0 fully saturated rings. The molecule has 0 saturated carbocycles. The fourth-order valence-corrected chi connectivity index (χ4v) is 2.29. The maximum atomic E-state index is 10.4. The first kappa shape index (κ1) is 31.1. The van der Waals surface area contributed by atoms with Crippen LogP contribution < -0.4 is 10.5 Å². The van der Waals surface area contributed by atoms with E-state index < -0.39 is 11.9 Å². The molecule has 0 spiro atoms. The maximum Gasteiger partial charge on any atom is 2.00 e. The van der Waals surface area contributed by atoms with Crippen LogP contribution >= 0.6 is 0 Å². The van der Waals surface area contributed by atoms with Crippen LogP contribution in [0, 0.1) is 10.8 Å². The van der Waals surface area contributed by atoms with E-state index in [1.807, 2.05) is 0 Å². The van der Waals surface area contributed by atoms with Gasteiger partial charge in [0.25, 0.3) is 11.9 Å². The largest absolute Gasteiger partial charge is 2.00 e. The summed E-state index contributed by atoms with van der Waals surface area (Å²) in [6, 6.07) is 0. The van der Waals surface area contributed by atoms with Crippen LogP contribution in [0.5, 0.6) is 0 Å². The Hall–Kier alpha value is -0.621. The van der Waals surface area contributed by atoms with Crippen molar-refractivity contribution in [3.63, 3.8) is 0 Å². The predicted molar refractivity (Wildman–Crippen MR) is 97.3 cm³/mol. The molecule has 0 atom stereocenters. The monoisotopic (exact) mass is 429 g/mol. The van der Waals surface area contributed by atoms with E-state index in [2.05, 4.69) is 51.3 Å². The Morgan fingerprint density at radius 3 is 1.15 bits per heavy atom. The molecule has 6 nitrogen and oxygen atoms in total. The van der Waals surface area contributed by atoms with Crippen molar-refractivity contribution in [2.24, 2.45) is 10.8 Å². The fraction of sp³-hybridized carbons (Fsp3) is 0.900. The summed E-state index contributed by atoms with van der Waals surface area (Å²) in [4.78, 5) is 27.5. The number of hydrogen-bond donors (Lipinski definition) is 0. The Morgan fingerprint density at radius 2 is 0.926 bits per heavy atom. The van der Waals surface area contributed by atoms with Crippen LogP contribution in [-0.2, 0) is 36.4 Å². The minimum Gasteiger partial charge on any atom is -0.662 e. The predicted octanol–water partition coefficient (Wildman–Crippen LogP) is 3.60. The second kappa shape index (κ2) is 17.5. The molecule has 0 aliphatic heterocycles. The first-order valence-corrected chi connectivity index (χ1v) is 9.56. The molecule has 7 heteroatoms. The molecule has 0 rings (SSSR count). The minimum absolute atomic E-state index is 0. The van der Waals surface area contributed by atoms with E-state index in [0.29, 0.717) is 10.8 Å². The van der Waals surface area contributed by atoms with Crippen LogP contribution in [0.2, 0.25) is 0 Å². The number of rotatable bonds is 10. The van der Waals surface area contributed by atoms with Crippen molar-refractivity contribution in [2.45, 2.75) is 106 Å². The Kier molecular flexibility index (Phi) is 20.1. The molecule has 0 saturated heterocycles. The quantitative estimate of drug-likeness (QED) is 0.228. The molecular formula is C20H38MnO6. The molecule has 0 aliphatic carbocycles. The third kappa shape index (κ3) is 30.3. The third-order valence-electron chi connectivity index (χ3n) is 3.80. The van der Waals surface area contributed by atoms with Crippen molar-refractivity contribution in [1.82, 2.24) is 0 Å². The molecule has 1 radical (unpaired) electrons. The number of carbonyl (C=O) groups excluding carboxylic acids is 2. The Balaban J connectivity index is -0.000000411. The van der Waals surface area contributed by atoms with Gasteiger partial charge in [-0.3, -0.25) is 9.59 Å². The summed E-state index contributed by atoms with van der Waals surface area (Å²) in [5.41, 5.74) is 0.720. The van der Waals surface area contributed by atoms with Gasteiger partial charge in [0, 0.05) is 12.8 Å². The van der Waals surface area contributed by atoms with Crippen LogP contribution in [0.4, 0.5) is 0 Å². The molecule has 0 amide bonds. The number of carbonyl (C=O) groups is 2. The van der Waals surface area contributed by atoms with Gasteiger partial charge in [-0.25, -0.2) is 0 Å². The first-order chi connectivity index (χ1) is 11.9. The van der Waals surface area contributed by atoms with E-state index in [0.717, 1.165) is 51.4 Å². The van der Waals surface area contributed by atoms with Crippen LogP contribution in [0.1, 0.15) is 106 Å². The summed E-state index contributed by atoms with van der Waals surface area (Å²) in [5, 5.41) is 19.2. The van der Waals surface area contributed by atoms with Crippen molar-refractivity contribution in [3.05, 3.63) is 0 Å². The van der Waals surface area contributed by atoms with Crippen molar-refractivity contribution in [2.75, 3.05) is 0 Å². The van der Waals surface area contributed by atoms with Gasteiger partial charge in [0.05, 0.1) is 0 Å². The van der Waals surface area contributed by atoms with Gasteiger partial charge in [0.1, 0.15) is 0 Å². The molecule has 0 unspecified atom stereocenters. The number of unbranched alkanes of at least 4 members (excludes halogenated alkanes) is 4. The summed E-state index contributed by atoms with van der Waals surface area (Å²) < 4.78 is 0. The molecule has 0 N–H and O–H groups in total. The van der Waals surface area contributed by atoms with E-state index in [-0.39, 0.29) is 29.9 Å². The smallest absolute Gasteiger partial charge is 0.662 e. The zero-order valence-electron chi connectivity index (χ0n) is 17.9. The van der Waals surface area contributed by atoms with Gasteiger partial charge >= 0.3 is 17.1 Å². The summed E-state index contributed by atoms with van der Waals surface area (Å²) >= 11 is 0. The Labute approximate surface area is 175 Å². The van der Waals surface area contributed by atoms with Crippen molar-refractivity contribution in [3.8, 4) is 0 Å². The van der Waals surface area contributed by atoms with Gasteiger partial charge in [-0.2, -0.15) is 0 Å². The van der Waals surface area contributed by atoms with Crippen molar-refractivity contribution >= 4 is 11.9 Å². The molecule has 0 aromatic rings. The summed E-state index contributed by atoms with van der Waals surface area (Å²) in [6.07, 6.45) is 8.54. The average molecular weight is 429 g/mol. The zero-order valence-corrected chi connectivity index (χ0v) is 19.1. The van der Waals surface area contributed by atoms with Gasteiger partial charge in [-0.05, 0) is 36.5 Å². The summed E-state index contributed by atoms with van der Waals surface area (Å²) in [5.74, 6) is -1.29. The van der Waals surface area contributed by atoms with Gasteiger partial charge < -0.3 is 20.3 Å². The standard InChI is InChI=1S/2C10H20O3.Mn/c2*1-10(2,3)8-6-4-5-7-9(11)13-12;/h2*12H,4-8H2,1-3H3;/q;;+2/p-2. The fourth-order valence-electron chi connectivity index (χ4n) is 2.29. The molecular weight excluding hydrogens is 391 g/mol. The minimum atomic E-state index is -0.643. The van der Waals surface area contributed by atoms with Crippen molar-refractivity contribution < 1.29 is 46.9 Å². The molecule has 27 heavy (non-hydrogen) atoms. The van der Waals surface area contributed by atoms with Crippen LogP contribution in [-0.4, -0.2) is 11.9 Å². The van der Waals surface area contributed by atoms with Gasteiger partial charge in [0.2, 0.25) is 0 Å². The summed E-state index contributed by atoms with van der Waals surface area (Å²) in [7, 11) is 0. The van der Waals surface area contributed by atoms with Gasteiger partial charge in [-0.1, -0.05) is 67.2 Å². The van der Waals surface area contributed by atoms with E-state index in [9.17, 15) is 20.1 Å². The van der Waals surface area contributed by atoms with E-state index in [1.165, 1.54) is 0 Å². The third-order valence-corrected chi connectivity index (χ3v) is 3.80. The van der Waals surface area contributed by atoms with Crippen LogP contribution in [0.15, 0.2) is 0 Å². The van der Waals surface area contributed by atoms with E-state index in [1.54, 1.807) is 0 Å². The van der Waals surface area contributed by atoms with E-state index in [4.69, 9.17) is 0 Å². The van der Waals surface area contributed by atoms with E-state index >= 15 is 0 Å². The molecule has 0 aliphatic rings. The molecule has 0 bridgehead atoms. The van der Waals surface area contributed by atoms with Gasteiger partial charge in [0.15, 0.2) is 0 Å². The molecule has 161 valence electrons. The first-order valence-electron chi connectivity index (χ1n) is 9.56.